The summed E-state index contributed by atoms with van der Waals surface area (Å²) >= 11 is 0. The first kappa shape index (κ1) is 26.0. The summed E-state index contributed by atoms with van der Waals surface area (Å²) < 4.78 is 50.2. The Morgan fingerprint density at radius 1 is 1.18 bits per heavy atom. The minimum absolute atomic E-state index is 0.0135. The Kier molecular flexibility index (Phi) is 6.71. The van der Waals surface area contributed by atoms with E-state index in [9.17, 15) is 18.0 Å². The van der Waals surface area contributed by atoms with Crippen LogP contribution in [0.25, 0.3) is 0 Å². The van der Waals surface area contributed by atoms with E-state index in [4.69, 9.17) is 4.74 Å². The predicted octanol–water partition coefficient (Wildman–Crippen LogP) is 5.15. The van der Waals surface area contributed by atoms with E-state index in [0.29, 0.717) is 43.4 Å². The number of fused-ring (bicyclic) bond motifs is 1. The van der Waals surface area contributed by atoms with Gasteiger partial charge in [0, 0.05) is 43.9 Å². The number of morpholine rings is 1. The van der Waals surface area contributed by atoms with Crippen molar-refractivity contribution in [2.45, 2.75) is 57.5 Å². The second-order valence-corrected chi connectivity index (χ2v) is 11.0. The van der Waals surface area contributed by atoms with Gasteiger partial charge >= 0.3 is 6.18 Å². The van der Waals surface area contributed by atoms with Crippen LogP contribution in [-0.2, 0) is 31.1 Å². The van der Waals surface area contributed by atoms with Gasteiger partial charge in [-0.1, -0.05) is 18.6 Å². The number of aryl methyl sites for hydroxylation is 1. The molecule has 0 spiro atoms. The SMILES string of the molecule is C[C@@H]1CN(Cc2cc3c(c(C(F)(F)F)c2)CN(c2cccc(C(c4nncn4C)C4CCC4)c2)C3=O)CCO1. The molecule has 3 heterocycles. The second kappa shape index (κ2) is 10.1. The average molecular weight is 540 g/mol. The number of amides is 1. The van der Waals surface area contributed by atoms with Crippen molar-refractivity contribution in [1.29, 1.82) is 0 Å². The number of carbonyl (C=O) groups is 1. The van der Waals surface area contributed by atoms with Gasteiger partial charge in [-0.15, -0.1) is 10.2 Å². The van der Waals surface area contributed by atoms with Crippen LogP contribution in [0.3, 0.4) is 0 Å². The summed E-state index contributed by atoms with van der Waals surface area (Å²) in [5.41, 5.74) is 1.53. The summed E-state index contributed by atoms with van der Waals surface area (Å²) in [6.45, 7) is 4.00. The third-order valence-electron chi connectivity index (χ3n) is 8.33. The highest BCUT2D eigenvalue weighted by molar-refractivity contribution is 6.10. The molecule has 0 bridgehead atoms. The zero-order valence-corrected chi connectivity index (χ0v) is 22.1. The number of halogens is 3. The fourth-order valence-corrected chi connectivity index (χ4v) is 6.18. The molecule has 0 radical (unpaired) electrons. The van der Waals surface area contributed by atoms with Crippen molar-refractivity contribution in [2.75, 3.05) is 24.6 Å². The highest BCUT2D eigenvalue weighted by Gasteiger charge is 2.41. The monoisotopic (exact) mass is 539 g/mol. The van der Waals surface area contributed by atoms with Crippen molar-refractivity contribution in [2.24, 2.45) is 13.0 Å². The zero-order chi connectivity index (χ0) is 27.3. The standard InChI is InChI=1S/C29H32F3N5O2/c1-18-14-36(9-10-39-18)15-19-11-23-24(25(12-19)29(30,31)32)16-37(28(23)38)22-8-4-7-21(13-22)26(20-5-3-6-20)27-34-33-17-35(27)2/h4,7-8,11-13,17-18,20,26H,3,5-6,9-10,14-16H2,1-2H3/t18-,26?/m1/s1. The van der Waals surface area contributed by atoms with E-state index in [0.717, 1.165) is 30.7 Å². The fourth-order valence-electron chi connectivity index (χ4n) is 6.18. The van der Waals surface area contributed by atoms with Crippen LogP contribution in [0, 0.1) is 5.92 Å². The lowest BCUT2D eigenvalue weighted by molar-refractivity contribution is -0.138. The lowest BCUT2D eigenvalue weighted by Gasteiger charge is -2.33. The van der Waals surface area contributed by atoms with Crippen molar-refractivity contribution in [3.05, 3.63) is 76.4 Å². The number of ether oxygens (including phenoxy) is 1. The van der Waals surface area contributed by atoms with E-state index < -0.39 is 17.6 Å². The molecule has 1 aliphatic carbocycles. The first-order chi connectivity index (χ1) is 18.7. The molecule has 10 heteroatoms. The molecular weight excluding hydrogens is 507 g/mol. The van der Waals surface area contributed by atoms with Gasteiger partial charge < -0.3 is 14.2 Å². The van der Waals surface area contributed by atoms with Crippen LogP contribution in [0.4, 0.5) is 18.9 Å². The Morgan fingerprint density at radius 2 is 2.00 bits per heavy atom. The number of carbonyl (C=O) groups excluding carboxylic acids is 1. The van der Waals surface area contributed by atoms with E-state index in [2.05, 4.69) is 15.1 Å². The van der Waals surface area contributed by atoms with E-state index in [1.807, 2.05) is 36.7 Å². The number of nitrogens with zero attached hydrogens (tertiary/aromatic N) is 5. The number of hydrogen-bond donors (Lipinski definition) is 0. The number of rotatable bonds is 6. The van der Waals surface area contributed by atoms with Crippen LogP contribution in [-0.4, -0.2) is 51.4 Å². The normalized spacial score (nSPS) is 21.2. The van der Waals surface area contributed by atoms with E-state index in [-0.39, 0.29) is 29.7 Å². The quantitative estimate of drug-likeness (QED) is 0.434. The molecule has 3 aliphatic rings. The van der Waals surface area contributed by atoms with Crippen LogP contribution in [0.5, 0.6) is 0 Å². The number of alkyl halides is 3. The van der Waals surface area contributed by atoms with Crippen LogP contribution in [0.1, 0.15) is 70.5 Å². The molecule has 1 amide bonds. The van der Waals surface area contributed by atoms with Crippen molar-refractivity contribution >= 4 is 11.6 Å². The zero-order valence-electron chi connectivity index (χ0n) is 22.1. The number of aromatic nitrogens is 3. The van der Waals surface area contributed by atoms with Crippen molar-refractivity contribution in [3.63, 3.8) is 0 Å². The van der Waals surface area contributed by atoms with E-state index in [1.165, 1.54) is 11.0 Å². The highest BCUT2D eigenvalue weighted by Crippen LogP contribution is 2.44. The average Bonchev–Trinajstić information content (AvgIpc) is 3.43. The third kappa shape index (κ3) is 4.96. The Hall–Kier alpha value is -3.24. The third-order valence-corrected chi connectivity index (χ3v) is 8.33. The minimum Gasteiger partial charge on any atom is -0.376 e. The molecule has 1 saturated heterocycles. The molecule has 2 aliphatic heterocycles. The summed E-state index contributed by atoms with van der Waals surface area (Å²) in [6.07, 6.45) is 0.455. The van der Waals surface area contributed by atoms with Crippen molar-refractivity contribution < 1.29 is 22.7 Å². The predicted molar refractivity (Wildman–Crippen MR) is 139 cm³/mol. The highest BCUT2D eigenvalue weighted by atomic mass is 19.4. The molecule has 2 aromatic carbocycles. The Bertz CT molecular complexity index is 1380. The molecule has 2 atom stereocenters. The van der Waals surface area contributed by atoms with Crippen molar-refractivity contribution in [3.8, 4) is 0 Å². The number of anilines is 1. The van der Waals surface area contributed by atoms with E-state index in [1.54, 1.807) is 18.5 Å². The molecule has 206 valence electrons. The Labute approximate surface area is 225 Å². The van der Waals surface area contributed by atoms with Gasteiger partial charge in [0.05, 0.1) is 24.8 Å². The molecule has 39 heavy (non-hydrogen) atoms. The maximum atomic E-state index is 14.2. The summed E-state index contributed by atoms with van der Waals surface area (Å²) in [7, 11) is 1.92. The largest absolute Gasteiger partial charge is 0.416 e. The lowest BCUT2D eigenvalue weighted by Crippen LogP contribution is -2.40. The molecule has 6 rings (SSSR count). The van der Waals surface area contributed by atoms with Gasteiger partial charge in [-0.25, -0.2) is 0 Å². The maximum Gasteiger partial charge on any atom is 0.416 e. The first-order valence-corrected chi connectivity index (χ1v) is 13.5. The lowest BCUT2D eigenvalue weighted by atomic mass is 9.72. The number of benzene rings is 2. The van der Waals surface area contributed by atoms with Crippen LogP contribution >= 0.6 is 0 Å². The molecular formula is C29H32F3N5O2. The van der Waals surface area contributed by atoms with Gasteiger partial charge in [-0.05, 0) is 66.6 Å². The van der Waals surface area contributed by atoms with Crippen LogP contribution in [0.15, 0.2) is 42.7 Å². The smallest absolute Gasteiger partial charge is 0.376 e. The summed E-state index contributed by atoms with van der Waals surface area (Å²) in [4.78, 5) is 17.2. The van der Waals surface area contributed by atoms with Gasteiger partial charge in [-0.3, -0.25) is 9.69 Å². The Balaban J connectivity index is 1.33. The molecule has 2 fully saturated rings. The topological polar surface area (TPSA) is 63.5 Å². The van der Waals surface area contributed by atoms with Gasteiger partial charge in [0.15, 0.2) is 0 Å². The Morgan fingerprint density at radius 3 is 2.67 bits per heavy atom. The molecule has 1 saturated carbocycles. The van der Waals surface area contributed by atoms with Crippen LogP contribution < -0.4 is 4.90 Å². The van der Waals surface area contributed by atoms with Crippen molar-refractivity contribution in [1.82, 2.24) is 19.7 Å². The summed E-state index contributed by atoms with van der Waals surface area (Å²) in [6, 6.07) is 10.5. The summed E-state index contributed by atoms with van der Waals surface area (Å²) in [5.74, 6) is 0.884. The van der Waals surface area contributed by atoms with Gasteiger partial charge in [-0.2, -0.15) is 13.2 Å². The first-order valence-electron chi connectivity index (χ1n) is 13.5. The minimum atomic E-state index is -4.56. The molecule has 0 N–H and O–H groups in total. The number of hydrogen-bond acceptors (Lipinski definition) is 5. The van der Waals surface area contributed by atoms with Gasteiger partial charge in [0.2, 0.25) is 0 Å². The van der Waals surface area contributed by atoms with E-state index >= 15 is 0 Å². The summed E-state index contributed by atoms with van der Waals surface area (Å²) in [5, 5.41) is 8.43. The van der Waals surface area contributed by atoms with Crippen LogP contribution in [0.2, 0.25) is 0 Å². The van der Waals surface area contributed by atoms with Gasteiger partial charge in [0.1, 0.15) is 12.2 Å². The molecule has 1 unspecified atom stereocenters. The molecule has 7 nitrogen and oxygen atoms in total. The van der Waals surface area contributed by atoms with Gasteiger partial charge in [0.25, 0.3) is 5.91 Å². The molecule has 1 aromatic heterocycles. The maximum absolute atomic E-state index is 14.2. The molecule has 3 aromatic rings. The fraction of sp³-hybridized carbons (Fsp3) is 0.483. The second-order valence-electron chi connectivity index (χ2n) is 11.0.